The molecule has 1 aliphatic heterocycles. The van der Waals surface area contributed by atoms with Crippen molar-refractivity contribution in [1.29, 1.82) is 0 Å². The highest BCUT2D eigenvalue weighted by atomic mass is 16.5. The van der Waals surface area contributed by atoms with Gasteiger partial charge in [0.2, 0.25) is 0 Å². The zero-order valence-electron chi connectivity index (χ0n) is 20.7. The molecular weight excluding hydrogens is 450 g/mol. The summed E-state index contributed by atoms with van der Waals surface area (Å²) in [5.74, 6) is 3.51. The Labute approximate surface area is 212 Å². The average molecular weight is 482 g/mol. The van der Waals surface area contributed by atoms with Crippen LogP contribution in [0.1, 0.15) is 62.5 Å². The summed E-state index contributed by atoms with van der Waals surface area (Å²) in [5.41, 5.74) is 5.73. The van der Waals surface area contributed by atoms with Crippen LogP contribution in [0.5, 0.6) is 11.5 Å². The van der Waals surface area contributed by atoms with Gasteiger partial charge in [0.1, 0.15) is 6.61 Å². The summed E-state index contributed by atoms with van der Waals surface area (Å²) in [5, 5.41) is 0. The van der Waals surface area contributed by atoms with E-state index in [4.69, 9.17) is 15.9 Å². The molecule has 0 bridgehead atoms. The first-order chi connectivity index (χ1) is 17.6. The van der Waals surface area contributed by atoms with Gasteiger partial charge >= 0.3 is 0 Å². The number of carbonyl (C=O) groups is 2. The number of ether oxygens (including phenoxy) is 2. The fraction of sp³-hybridized carbons (Fsp3) is 0.355. The molecule has 0 atom stereocenters. The Kier molecular flexibility index (Phi) is 6.95. The monoisotopic (exact) mass is 481 g/mol. The number of nitrogens with zero attached hydrogens (tertiary/aromatic N) is 1. The van der Waals surface area contributed by atoms with Gasteiger partial charge in [-0.15, -0.1) is 6.42 Å². The third kappa shape index (κ3) is 4.44. The maximum atomic E-state index is 13.5. The molecular formula is C31H31NO4. The second-order valence-electron chi connectivity index (χ2n) is 9.41. The van der Waals surface area contributed by atoms with E-state index in [0.29, 0.717) is 37.5 Å². The maximum Gasteiger partial charge on any atom is 0.162 e. The summed E-state index contributed by atoms with van der Waals surface area (Å²) in [4.78, 5) is 29.3. The number of hydrogen-bond acceptors (Lipinski definition) is 5. The van der Waals surface area contributed by atoms with E-state index >= 15 is 0 Å². The Hall–Kier alpha value is -3.78. The van der Waals surface area contributed by atoms with Crippen molar-refractivity contribution in [2.45, 2.75) is 57.9 Å². The van der Waals surface area contributed by atoms with Gasteiger partial charge in [0.25, 0.3) is 0 Å². The maximum absolute atomic E-state index is 13.5. The summed E-state index contributed by atoms with van der Waals surface area (Å²) in [6, 6.07) is 16.0. The van der Waals surface area contributed by atoms with Gasteiger partial charge in [-0.2, -0.15) is 0 Å². The van der Waals surface area contributed by atoms with Crippen molar-refractivity contribution in [3.05, 3.63) is 82.2 Å². The van der Waals surface area contributed by atoms with Crippen LogP contribution in [0, 0.1) is 12.3 Å². The van der Waals surface area contributed by atoms with E-state index in [-0.39, 0.29) is 24.1 Å². The van der Waals surface area contributed by atoms with Gasteiger partial charge in [-0.1, -0.05) is 42.3 Å². The molecule has 0 saturated heterocycles. The molecule has 5 heteroatoms. The third-order valence-corrected chi connectivity index (χ3v) is 7.18. The molecule has 0 fully saturated rings. The van der Waals surface area contributed by atoms with Gasteiger partial charge in [-0.05, 0) is 55.9 Å². The number of hydrogen-bond donors (Lipinski definition) is 0. The average Bonchev–Trinajstić information content (AvgIpc) is 2.89. The number of carbonyl (C=O) groups excluding carboxylic acids is 2. The number of terminal acetylenes is 1. The number of rotatable bonds is 7. The Balaban J connectivity index is 1.66. The molecule has 1 heterocycles. The minimum absolute atomic E-state index is 0.134. The highest BCUT2D eigenvalue weighted by Gasteiger charge is 2.43. The lowest BCUT2D eigenvalue weighted by Gasteiger charge is -2.44. The molecule has 5 nitrogen and oxygen atoms in total. The van der Waals surface area contributed by atoms with E-state index in [1.165, 1.54) is 5.56 Å². The molecule has 0 radical (unpaired) electrons. The van der Waals surface area contributed by atoms with Crippen molar-refractivity contribution in [3.8, 4) is 23.8 Å². The molecule has 5 rings (SSSR count). The molecule has 184 valence electrons. The molecule has 0 spiro atoms. The molecule has 0 unspecified atom stereocenters. The van der Waals surface area contributed by atoms with E-state index < -0.39 is 0 Å². The van der Waals surface area contributed by atoms with Gasteiger partial charge in [-0.3, -0.25) is 9.59 Å². The third-order valence-electron chi connectivity index (χ3n) is 7.18. The fourth-order valence-electron chi connectivity index (χ4n) is 5.72. The van der Waals surface area contributed by atoms with Crippen LogP contribution in [0.2, 0.25) is 0 Å². The van der Waals surface area contributed by atoms with Crippen molar-refractivity contribution in [1.82, 2.24) is 4.90 Å². The van der Waals surface area contributed by atoms with Crippen molar-refractivity contribution in [3.63, 3.8) is 0 Å². The van der Waals surface area contributed by atoms with E-state index in [0.717, 1.165) is 53.8 Å². The fourth-order valence-corrected chi connectivity index (χ4v) is 5.72. The van der Waals surface area contributed by atoms with E-state index in [1.807, 2.05) is 43.3 Å². The Morgan fingerprint density at radius 1 is 0.889 bits per heavy atom. The smallest absolute Gasteiger partial charge is 0.162 e. The summed E-state index contributed by atoms with van der Waals surface area (Å²) in [7, 11) is 0. The van der Waals surface area contributed by atoms with Crippen molar-refractivity contribution in [2.24, 2.45) is 0 Å². The Morgan fingerprint density at radius 3 is 2.17 bits per heavy atom. The second-order valence-corrected chi connectivity index (χ2v) is 9.41. The standard InChI is InChI=1S/C31H31NO4/c1-3-18-36-27-17-16-22(19-28(27)35-4-2)29-30-23(12-8-14-25(30)33)32(20-21-10-6-5-7-11-21)24-13-9-15-26(34)31(24)29/h1,5-7,10-11,16-17,19,29H,4,8-9,12-15,18,20H2,2H3. The number of Topliss-reactive ketones (excluding diaryl/α,β-unsaturated/α-hetero) is 2. The normalized spacial score (nSPS) is 18.1. The van der Waals surface area contributed by atoms with Crippen LogP contribution in [-0.2, 0) is 16.1 Å². The van der Waals surface area contributed by atoms with Crippen LogP contribution in [-0.4, -0.2) is 29.7 Å². The SMILES string of the molecule is C#CCOc1ccc(C2C3=C(CCCC3=O)N(Cc3ccccc3)C3=C2C(=O)CCC3)cc1OCC. The molecule has 0 aromatic heterocycles. The predicted octanol–water partition coefficient (Wildman–Crippen LogP) is 5.71. The van der Waals surface area contributed by atoms with Crippen LogP contribution in [0.15, 0.2) is 71.1 Å². The van der Waals surface area contributed by atoms with E-state index in [2.05, 4.69) is 23.0 Å². The topological polar surface area (TPSA) is 55.8 Å². The van der Waals surface area contributed by atoms with Crippen LogP contribution < -0.4 is 9.47 Å². The lowest BCUT2D eigenvalue weighted by molar-refractivity contribution is -0.117. The molecule has 0 saturated carbocycles. The lowest BCUT2D eigenvalue weighted by Crippen LogP contribution is -2.38. The molecule has 2 aromatic carbocycles. The summed E-state index contributed by atoms with van der Waals surface area (Å²) < 4.78 is 11.6. The number of ketones is 2. The Morgan fingerprint density at radius 2 is 1.56 bits per heavy atom. The van der Waals surface area contributed by atoms with Crippen LogP contribution in [0.3, 0.4) is 0 Å². The Bertz CT molecular complexity index is 1240. The van der Waals surface area contributed by atoms with Crippen LogP contribution >= 0.6 is 0 Å². The largest absolute Gasteiger partial charge is 0.490 e. The molecule has 2 aromatic rings. The first kappa shape index (κ1) is 23.9. The lowest BCUT2D eigenvalue weighted by atomic mass is 9.71. The minimum Gasteiger partial charge on any atom is -0.490 e. The quantitative estimate of drug-likeness (QED) is 0.474. The summed E-state index contributed by atoms with van der Waals surface area (Å²) in [6.45, 7) is 3.18. The summed E-state index contributed by atoms with van der Waals surface area (Å²) >= 11 is 0. The first-order valence-corrected chi connectivity index (χ1v) is 12.8. The first-order valence-electron chi connectivity index (χ1n) is 12.8. The molecule has 0 N–H and O–H groups in total. The van der Waals surface area contributed by atoms with Gasteiger partial charge in [0.15, 0.2) is 23.1 Å². The van der Waals surface area contributed by atoms with E-state index in [9.17, 15) is 9.59 Å². The van der Waals surface area contributed by atoms with Gasteiger partial charge in [0, 0.05) is 47.8 Å². The number of allylic oxidation sites excluding steroid dienone is 4. The van der Waals surface area contributed by atoms with Gasteiger partial charge in [0.05, 0.1) is 6.61 Å². The highest BCUT2D eigenvalue weighted by Crippen LogP contribution is 2.50. The molecule has 36 heavy (non-hydrogen) atoms. The van der Waals surface area contributed by atoms with Gasteiger partial charge in [-0.25, -0.2) is 0 Å². The zero-order chi connectivity index (χ0) is 25.1. The molecule has 3 aliphatic rings. The van der Waals surface area contributed by atoms with Crippen LogP contribution in [0.4, 0.5) is 0 Å². The van der Waals surface area contributed by atoms with Gasteiger partial charge < -0.3 is 14.4 Å². The van der Waals surface area contributed by atoms with Crippen LogP contribution in [0.25, 0.3) is 0 Å². The second kappa shape index (κ2) is 10.5. The summed E-state index contributed by atoms with van der Waals surface area (Å²) in [6.07, 6.45) is 9.72. The van der Waals surface area contributed by atoms with E-state index in [1.54, 1.807) is 0 Å². The minimum atomic E-state index is -0.386. The molecule has 0 amide bonds. The zero-order valence-corrected chi connectivity index (χ0v) is 20.7. The van der Waals surface area contributed by atoms with Crippen molar-refractivity contribution >= 4 is 11.6 Å². The number of benzene rings is 2. The predicted molar refractivity (Wildman–Crippen MR) is 138 cm³/mol. The molecule has 2 aliphatic carbocycles. The van der Waals surface area contributed by atoms with Crippen molar-refractivity contribution in [2.75, 3.05) is 13.2 Å². The highest BCUT2D eigenvalue weighted by molar-refractivity contribution is 6.06. The van der Waals surface area contributed by atoms with Crippen molar-refractivity contribution < 1.29 is 19.1 Å².